The van der Waals surface area contributed by atoms with Crippen molar-refractivity contribution < 1.29 is 14.3 Å². The molecule has 0 aliphatic carbocycles. The number of ether oxygens (including phenoxy) is 1. The van der Waals surface area contributed by atoms with Crippen molar-refractivity contribution in [3.63, 3.8) is 0 Å². The zero-order valence-electron chi connectivity index (χ0n) is 9.78. The Kier molecular flexibility index (Phi) is 4.49. The normalized spacial score (nSPS) is 20.9. The summed E-state index contributed by atoms with van der Waals surface area (Å²) >= 11 is 0. The molecule has 1 N–H and O–H groups in total. The Morgan fingerprint density at radius 2 is 2.31 bits per heavy atom. The molecule has 1 saturated heterocycles. The van der Waals surface area contributed by atoms with E-state index in [-0.39, 0.29) is 18.4 Å². The lowest BCUT2D eigenvalue weighted by atomic mass is 10.2. The zero-order valence-corrected chi connectivity index (χ0v) is 9.78. The highest BCUT2D eigenvalue weighted by atomic mass is 16.5. The summed E-state index contributed by atoms with van der Waals surface area (Å²) in [6.45, 7) is 8.75. The number of hydrogen-bond acceptors (Lipinski definition) is 3. The predicted molar refractivity (Wildman–Crippen MR) is 59.8 cm³/mol. The lowest BCUT2D eigenvalue weighted by Crippen LogP contribution is -2.57. The molecule has 5 heteroatoms. The van der Waals surface area contributed by atoms with Crippen LogP contribution >= 0.6 is 0 Å². The van der Waals surface area contributed by atoms with Gasteiger partial charge in [-0.1, -0.05) is 12.2 Å². The lowest BCUT2D eigenvalue weighted by molar-refractivity contribution is -0.145. The maximum absolute atomic E-state index is 11.5. The molecule has 1 heterocycles. The van der Waals surface area contributed by atoms with Gasteiger partial charge < -0.3 is 15.0 Å². The predicted octanol–water partition coefficient (Wildman–Crippen LogP) is -0.0740. The second-order valence-electron chi connectivity index (χ2n) is 3.99. The van der Waals surface area contributed by atoms with Crippen LogP contribution in [0.2, 0.25) is 0 Å². The summed E-state index contributed by atoms with van der Waals surface area (Å²) in [7, 11) is 0. The van der Waals surface area contributed by atoms with E-state index in [1.165, 1.54) is 4.90 Å². The number of carbonyl (C=O) groups is 2. The van der Waals surface area contributed by atoms with E-state index in [1.807, 2.05) is 6.92 Å². The molecule has 0 spiro atoms. The van der Waals surface area contributed by atoms with Gasteiger partial charge in [-0.15, -0.1) is 0 Å². The molecule has 5 nitrogen and oxygen atoms in total. The zero-order chi connectivity index (χ0) is 12.1. The molecule has 1 rings (SSSR count). The SMILES string of the molecule is C=C(C)COCCN1C(=O)CNC(=O)C1C. The van der Waals surface area contributed by atoms with Crippen LogP contribution in [0, 0.1) is 0 Å². The maximum Gasteiger partial charge on any atom is 0.242 e. The van der Waals surface area contributed by atoms with Crippen LogP contribution in [0.4, 0.5) is 0 Å². The second-order valence-corrected chi connectivity index (χ2v) is 3.99. The first kappa shape index (κ1) is 12.7. The second kappa shape index (κ2) is 5.65. The van der Waals surface area contributed by atoms with Gasteiger partial charge in [0.1, 0.15) is 6.04 Å². The molecular formula is C11H18N2O3. The maximum atomic E-state index is 11.5. The summed E-state index contributed by atoms with van der Waals surface area (Å²) in [6.07, 6.45) is 0. The summed E-state index contributed by atoms with van der Waals surface area (Å²) < 4.78 is 5.30. The first-order chi connectivity index (χ1) is 7.52. The Bertz CT molecular complexity index is 302. The highest BCUT2D eigenvalue weighted by Gasteiger charge is 2.30. The minimum Gasteiger partial charge on any atom is -0.375 e. The number of piperazine rings is 1. The molecule has 0 aromatic rings. The van der Waals surface area contributed by atoms with Crippen LogP contribution < -0.4 is 5.32 Å². The van der Waals surface area contributed by atoms with Crippen LogP contribution in [-0.2, 0) is 14.3 Å². The van der Waals surface area contributed by atoms with Gasteiger partial charge >= 0.3 is 0 Å². The highest BCUT2D eigenvalue weighted by molar-refractivity contribution is 5.94. The Labute approximate surface area is 95.4 Å². The van der Waals surface area contributed by atoms with E-state index >= 15 is 0 Å². The fourth-order valence-electron chi connectivity index (χ4n) is 1.50. The van der Waals surface area contributed by atoms with Gasteiger partial charge in [0, 0.05) is 6.54 Å². The molecule has 16 heavy (non-hydrogen) atoms. The molecule has 1 unspecified atom stereocenters. The largest absolute Gasteiger partial charge is 0.375 e. The average Bonchev–Trinajstić information content (AvgIpc) is 2.22. The fourth-order valence-corrected chi connectivity index (χ4v) is 1.50. The summed E-state index contributed by atoms with van der Waals surface area (Å²) in [5.41, 5.74) is 0.941. The third-order valence-electron chi connectivity index (χ3n) is 2.41. The van der Waals surface area contributed by atoms with Gasteiger partial charge in [0.2, 0.25) is 11.8 Å². The third kappa shape index (κ3) is 3.34. The summed E-state index contributed by atoms with van der Waals surface area (Å²) in [5.74, 6) is -0.175. The first-order valence-corrected chi connectivity index (χ1v) is 5.31. The van der Waals surface area contributed by atoms with E-state index < -0.39 is 6.04 Å². The number of rotatable bonds is 5. The Balaban J connectivity index is 2.36. The topological polar surface area (TPSA) is 58.6 Å². The van der Waals surface area contributed by atoms with Gasteiger partial charge in [-0.3, -0.25) is 9.59 Å². The molecule has 1 aliphatic rings. The van der Waals surface area contributed by atoms with Crippen LogP contribution in [-0.4, -0.2) is 49.1 Å². The number of carbonyl (C=O) groups excluding carboxylic acids is 2. The Morgan fingerprint density at radius 3 is 2.94 bits per heavy atom. The molecule has 0 aromatic heterocycles. The van der Waals surface area contributed by atoms with Crippen molar-refractivity contribution in [3.8, 4) is 0 Å². The molecule has 0 saturated carbocycles. The van der Waals surface area contributed by atoms with Crippen molar-refractivity contribution in [1.29, 1.82) is 0 Å². The van der Waals surface area contributed by atoms with Crippen LogP contribution in [0.25, 0.3) is 0 Å². The summed E-state index contributed by atoms with van der Waals surface area (Å²) in [4.78, 5) is 24.4. The van der Waals surface area contributed by atoms with Crippen molar-refractivity contribution in [2.75, 3.05) is 26.3 Å². The van der Waals surface area contributed by atoms with E-state index in [4.69, 9.17) is 4.74 Å². The van der Waals surface area contributed by atoms with Crippen LogP contribution in [0.1, 0.15) is 13.8 Å². The fraction of sp³-hybridized carbons (Fsp3) is 0.636. The van der Waals surface area contributed by atoms with E-state index in [1.54, 1.807) is 6.92 Å². The van der Waals surface area contributed by atoms with E-state index in [0.29, 0.717) is 19.8 Å². The number of amides is 2. The Hall–Kier alpha value is -1.36. The molecule has 1 fully saturated rings. The van der Waals surface area contributed by atoms with Crippen molar-refractivity contribution in [1.82, 2.24) is 10.2 Å². The van der Waals surface area contributed by atoms with Gasteiger partial charge in [-0.25, -0.2) is 0 Å². The average molecular weight is 226 g/mol. The summed E-state index contributed by atoms with van der Waals surface area (Å²) in [5, 5.41) is 2.54. The number of nitrogens with one attached hydrogen (secondary N) is 1. The standard InChI is InChI=1S/C11H18N2O3/c1-8(2)7-16-5-4-13-9(3)11(15)12-6-10(13)14/h9H,1,4-7H2,2-3H3,(H,12,15). The molecule has 0 aromatic carbocycles. The number of hydrogen-bond donors (Lipinski definition) is 1. The lowest BCUT2D eigenvalue weighted by Gasteiger charge is -2.32. The minimum atomic E-state index is -0.408. The van der Waals surface area contributed by atoms with E-state index in [9.17, 15) is 9.59 Å². The van der Waals surface area contributed by atoms with Crippen molar-refractivity contribution >= 4 is 11.8 Å². The quantitative estimate of drug-likeness (QED) is 0.527. The van der Waals surface area contributed by atoms with Gasteiger partial charge in [0.05, 0.1) is 19.8 Å². The first-order valence-electron chi connectivity index (χ1n) is 5.31. The monoisotopic (exact) mass is 226 g/mol. The molecule has 1 aliphatic heterocycles. The van der Waals surface area contributed by atoms with Gasteiger partial charge in [0.15, 0.2) is 0 Å². The van der Waals surface area contributed by atoms with Crippen molar-refractivity contribution in [2.24, 2.45) is 0 Å². The summed E-state index contributed by atoms with van der Waals surface area (Å²) in [6, 6.07) is -0.408. The van der Waals surface area contributed by atoms with Gasteiger partial charge in [-0.05, 0) is 13.8 Å². The van der Waals surface area contributed by atoms with Gasteiger partial charge in [-0.2, -0.15) is 0 Å². The van der Waals surface area contributed by atoms with Crippen LogP contribution in [0.5, 0.6) is 0 Å². The molecular weight excluding hydrogens is 208 g/mol. The molecule has 1 atom stereocenters. The van der Waals surface area contributed by atoms with Crippen molar-refractivity contribution in [2.45, 2.75) is 19.9 Å². The highest BCUT2D eigenvalue weighted by Crippen LogP contribution is 2.04. The minimum absolute atomic E-state index is 0.0639. The van der Waals surface area contributed by atoms with Crippen LogP contribution in [0.3, 0.4) is 0 Å². The molecule has 0 radical (unpaired) electrons. The molecule has 2 amide bonds. The molecule has 0 bridgehead atoms. The van der Waals surface area contributed by atoms with Gasteiger partial charge in [0.25, 0.3) is 0 Å². The number of nitrogens with zero attached hydrogens (tertiary/aromatic N) is 1. The third-order valence-corrected chi connectivity index (χ3v) is 2.41. The van der Waals surface area contributed by atoms with Crippen LogP contribution in [0.15, 0.2) is 12.2 Å². The molecule has 90 valence electrons. The van der Waals surface area contributed by atoms with Crippen molar-refractivity contribution in [3.05, 3.63) is 12.2 Å². The van der Waals surface area contributed by atoms with E-state index in [2.05, 4.69) is 11.9 Å². The smallest absolute Gasteiger partial charge is 0.242 e. The Morgan fingerprint density at radius 1 is 1.62 bits per heavy atom. The van der Waals surface area contributed by atoms with E-state index in [0.717, 1.165) is 5.57 Å².